The van der Waals surface area contributed by atoms with E-state index in [0.717, 1.165) is 13.0 Å². The Morgan fingerprint density at radius 1 is 1.23 bits per heavy atom. The molecule has 0 rings (SSSR count). The second kappa shape index (κ2) is 5.54. The third kappa shape index (κ3) is 5.98. The van der Waals surface area contributed by atoms with E-state index in [0.29, 0.717) is 13.1 Å². The highest BCUT2D eigenvalue weighted by Crippen LogP contribution is 1.96. The van der Waals surface area contributed by atoms with E-state index in [2.05, 4.69) is 0 Å². The van der Waals surface area contributed by atoms with Crippen LogP contribution in [0, 0.1) is 0 Å². The van der Waals surface area contributed by atoms with Crippen molar-refractivity contribution in [2.24, 2.45) is 5.14 Å². The van der Waals surface area contributed by atoms with Gasteiger partial charge >= 0.3 is 0 Å². The summed E-state index contributed by atoms with van der Waals surface area (Å²) in [6, 6.07) is 0. The summed E-state index contributed by atoms with van der Waals surface area (Å²) in [7, 11) is 0.405. The lowest BCUT2D eigenvalue weighted by atomic mass is 10.4. The molecule has 0 aromatic carbocycles. The number of rotatable bonds is 6. The van der Waals surface area contributed by atoms with Gasteiger partial charge in [0.1, 0.15) is 0 Å². The summed E-state index contributed by atoms with van der Waals surface area (Å²) >= 11 is 0. The number of hydrogen-bond donors (Lipinski definition) is 1. The molecule has 0 radical (unpaired) electrons. The van der Waals surface area contributed by atoms with E-state index in [4.69, 9.17) is 5.14 Å². The second-order valence-corrected chi connectivity index (χ2v) is 4.74. The van der Waals surface area contributed by atoms with Gasteiger partial charge in [-0.15, -0.1) is 0 Å². The molecule has 0 aliphatic carbocycles. The molecule has 80 valence electrons. The van der Waals surface area contributed by atoms with Crippen LogP contribution in [-0.4, -0.2) is 51.4 Å². The van der Waals surface area contributed by atoms with Gasteiger partial charge in [0.05, 0.1) is 0 Å². The molecule has 2 N–H and O–H groups in total. The third-order valence-electron chi connectivity index (χ3n) is 1.73. The zero-order chi connectivity index (χ0) is 10.5. The van der Waals surface area contributed by atoms with Crippen molar-refractivity contribution in [2.45, 2.75) is 13.3 Å². The van der Waals surface area contributed by atoms with Gasteiger partial charge in [0.2, 0.25) is 0 Å². The van der Waals surface area contributed by atoms with Crippen molar-refractivity contribution in [3.05, 3.63) is 0 Å². The first-order chi connectivity index (χ1) is 5.88. The Labute approximate surface area is 80.7 Å². The van der Waals surface area contributed by atoms with Gasteiger partial charge in [0.25, 0.3) is 10.2 Å². The van der Waals surface area contributed by atoms with Gasteiger partial charge < -0.3 is 4.90 Å². The molecule has 0 atom stereocenters. The Kier molecular flexibility index (Phi) is 5.46. The van der Waals surface area contributed by atoms with E-state index in [1.165, 1.54) is 4.31 Å². The van der Waals surface area contributed by atoms with Crippen LogP contribution in [0.4, 0.5) is 0 Å². The molecule has 0 fully saturated rings. The highest BCUT2D eigenvalue weighted by atomic mass is 32.2. The number of hydrogen-bond acceptors (Lipinski definition) is 3. The van der Waals surface area contributed by atoms with Gasteiger partial charge in [-0.05, 0) is 27.1 Å². The first kappa shape index (κ1) is 12.8. The fourth-order valence-electron chi connectivity index (χ4n) is 1.03. The number of nitrogens with zero attached hydrogens (tertiary/aromatic N) is 2. The lowest BCUT2D eigenvalue weighted by molar-refractivity contribution is 0.356. The SMILES string of the molecule is CCN(CCCN(C)C)S(N)(=O)=O. The Bertz CT molecular complexity index is 226. The summed E-state index contributed by atoms with van der Waals surface area (Å²) in [4.78, 5) is 2.01. The summed E-state index contributed by atoms with van der Waals surface area (Å²) in [5, 5.41) is 4.99. The van der Waals surface area contributed by atoms with E-state index in [1.54, 1.807) is 6.92 Å². The fraction of sp³-hybridized carbons (Fsp3) is 1.00. The van der Waals surface area contributed by atoms with Crippen LogP contribution in [0.3, 0.4) is 0 Å². The molecule has 5 nitrogen and oxygen atoms in total. The van der Waals surface area contributed by atoms with Gasteiger partial charge in [0, 0.05) is 13.1 Å². The second-order valence-electron chi connectivity index (χ2n) is 3.19. The van der Waals surface area contributed by atoms with Crippen molar-refractivity contribution in [2.75, 3.05) is 33.7 Å². The fourth-order valence-corrected chi connectivity index (χ4v) is 1.77. The van der Waals surface area contributed by atoms with Crippen LogP contribution >= 0.6 is 0 Å². The van der Waals surface area contributed by atoms with Crippen LogP contribution in [-0.2, 0) is 10.2 Å². The molecule has 0 aromatic rings. The third-order valence-corrected chi connectivity index (χ3v) is 2.89. The molecule has 0 bridgehead atoms. The van der Waals surface area contributed by atoms with E-state index >= 15 is 0 Å². The summed E-state index contributed by atoms with van der Waals surface area (Å²) < 4.78 is 23.1. The summed E-state index contributed by atoms with van der Waals surface area (Å²) in [6.07, 6.45) is 0.803. The standard InChI is InChI=1S/C7H19N3O2S/c1-4-10(13(8,11)12)7-5-6-9(2)3/h4-7H2,1-3H3,(H2,8,11,12). The smallest absolute Gasteiger partial charge is 0.276 e. The highest BCUT2D eigenvalue weighted by Gasteiger charge is 2.13. The van der Waals surface area contributed by atoms with E-state index in [1.807, 2.05) is 19.0 Å². The molecule has 13 heavy (non-hydrogen) atoms. The first-order valence-electron chi connectivity index (χ1n) is 4.30. The van der Waals surface area contributed by atoms with Crippen LogP contribution in [0.2, 0.25) is 0 Å². The minimum absolute atomic E-state index is 0.437. The average Bonchev–Trinajstić information content (AvgIpc) is 1.95. The maximum Gasteiger partial charge on any atom is 0.276 e. The summed E-state index contributed by atoms with van der Waals surface area (Å²) in [5.41, 5.74) is 0. The average molecular weight is 209 g/mol. The Hall–Kier alpha value is -0.170. The Morgan fingerprint density at radius 2 is 1.77 bits per heavy atom. The number of nitrogens with two attached hydrogens (primary N) is 1. The normalized spacial score (nSPS) is 12.8. The lowest BCUT2D eigenvalue weighted by Crippen LogP contribution is -2.38. The lowest BCUT2D eigenvalue weighted by Gasteiger charge is -2.18. The van der Waals surface area contributed by atoms with E-state index < -0.39 is 10.2 Å². The molecule has 0 amide bonds. The van der Waals surface area contributed by atoms with Gasteiger partial charge in [-0.2, -0.15) is 12.7 Å². The van der Waals surface area contributed by atoms with Gasteiger partial charge in [-0.1, -0.05) is 6.92 Å². The van der Waals surface area contributed by atoms with Crippen LogP contribution in [0.5, 0.6) is 0 Å². The maximum absolute atomic E-state index is 10.9. The van der Waals surface area contributed by atoms with E-state index in [-0.39, 0.29) is 0 Å². The van der Waals surface area contributed by atoms with Crippen molar-refractivity contribution >= 4 is 10.2 Å². The molecule has 0 saturated heterocycles. The maximum atomic E-state index is 10.9. The molecule has 6 heteroatoms. The van der Waals surface area contributed by atoms with Crippen LogP contribution < -0.4 is 5.14 Å². The topological polar surface area (TPSA) is 66.6 Å². The molecule has 0 aliphatic rings. The zero-order valence-electron chi connectivity index (χ0n) is 8.52. The van der Waals surface area contributed by atoms with Crippen molar-refractivity contribution in [3.8, 4) is 0 Å². The first-order valence-corrected chi connectivity index (χ1v) is 5.81. The molecular formula is C7H19N3O2S. The molecule has 0 aromatic heterocycles. The van der Waals surface area contributed by atoms with Gasteiger partial charge in [0.15, 0.2) is 0 Å². The minimum atomic E-state index is -3.50. The quantitative estimate of drug-likeness (QED) is 0.639. The largest absolute Gasteiger partial charge is 0.309 e. The van der Waals surface area contributed by atoms with Gasteiger partial charge in [-0.25, -0.2) is 5.14 Å². The van der Waals surface area contributed by atoms with Crippen molar-refractivity contribution in [1.82, 2.24) is 9.21 Å². The summed E-state index contributed by atoms with van der Waals surface area (Å²) in [6.45, 7) is 3.58. The predicted molar refractivity (Wildman–Crippen MR) is 53.5 cm³/mol. The van der Waals surface area contributed by atoms with Crippen molar-refractivity contribution in [1.29, 1.82) is 0 Å². The molecule has 0 spiro atoms. The van der Waals surface area contributed by atoms with Crippen molar-refractivity contribution < 1.29 is 8.42 Å². The molecule has 0 aliphatic heterocycles. The Morgan fingerprint density at radius 3 is 2.08 bits per heavy atom. The predicted octanol–water partition coefficient (Wildman–Crippen LogP) is -0.536. The Balaban J connectivity index is 3.88. The highest BCUT2D eigenvalue weighted by molar-refractivity contribution is 7.86. The van der Waals surface area contributed by atoms with Crippen LogP contribution in [0.1, 0.15) is 13.3 Å². The zero-order valence-corrected chi connectivity index (χ0v) is 9.34. The van der Waals surface area contributed by atoms with Crippen LogP contribution in [0.25, 0.3) is 0 Å². The van der Waals surface area contributed by atoms with Crippen molar-refractivity contribution in [3.63, 3.8) is 0 Å². The van der Waals surface area contributed by atoms with E-state index in [9.17, 15) is 8.42 Å². The molecule has 0 saturated carbocycles. The minimum Gasteiger partial charge on any atom is -0.309 e. The molecular weight excluding hydrogens is 190 g/mol. The molecule has 0 heterocycles. The molecule has 0 unspecified atom stereocenters. The summed E-state index contributed by atoms with van der Waals surface area (Å²) in [5.74, 6) is 0. The monoisotopic (exact) mass is 209 g/mol. The van der Waals surface area contributed by atoms with Crippen LogP contribution in [0.15, 0.2) is 0 Å². The van der Waals surface area contributed by atoms with Gasteiger partial charge in [-0.3, -0.25) is 0 Å².